The van der Waals surface area contributed by atoms with Crippen molar-refractivity contribution >= 4 is 11.7 Å². The van der Waals surface area contributed by atoms with Crippen molar-refractivity contribution < 1.29 is 9.53 Å². The maximum Gasteiger partial charge on any atom is 0.305 e. The van der Waals surface area contributed by atoms with Crippen molar-refractivity contribution in [1.82, 2.24) is 0 Å². The smallest absolute Gasteiger partial charge is 0.305 e. The van der Waals surface area contributed by atoms with E-state index < -0.39 is 5.54 Å². The number of benzene rings is 1. The van der Waals surface area contributed by atoms with Gasteiger partial charge in [-0.1, -0.05) is 12.1 Å². The van der Waals surface area contributed by atoms with Gasteiger partial charge in [-0.15, -0.1) is 0 Å². The average molecular weight is 246 g/mol. The van der Waals surface area contributed by atoms with E-state index >= 15 is 0 Å². The van der Waals surface area contributed by atoms with Gasteiger partial charge in [-0.05, 0) is 38.0 Å². The Morgan fingerprint density at radius 2 is 2.00 bits per heavy atom. The van der Waals surface area contributed by atoms with E-state index in [2.05, 4.69) is 16.1 Å². The molecule has 0 fully saturated rings. The van der Waals surface area contributed by atoms with Crippen molar-refractivity contribution in [3.8, 4) is 6.07 Å². The minimum atomic E-state index is -0.590. The number of hydrogen-bond donors (Lipinski definition) is 1. The molecule has 0 spiro atoms. The van der Waals surface area contributed by atoms with Gasteiger partial charge >= 0.3 is 5.97 Å². The highest BCUT2D eigenvalue weighted by Gasteiger charge is 2.15. The van der Waals surface area contributed by atoms with Crippen LogP contribution in [0.15, 0.2) is 24.3 Å². The van der Waals surface area contributed by atoms with Crippen LogP contribution in [0.1, 0.15) is 25.8 Å². The minimum Gasteiger partial charge on any atom is -0.469 e. The van der Waals surface area contributed by atoms with E-state index in [1.807, 2.05) is 38.1 Å². The summed E-state index contributed by atoms with van der Waals surface area (Å²) in [6, 6.07) is 9.88. The first-order chi connectivity index (χ1) is 8.46. The van der Waals surface area contributed by atoms with Crippen LogP contribution in [0.4, 0.5) is 5.69 Å². The van der Waals surface area contributed by atoms with Gasteiger partial charge in [-0.3, -0.25) is 4.79 Å². The zero-order valence-electron chi connectivity index (χ0n) is 11.0. The van der Waals surface area contributed by atoms with Gasteiger partial charge in [-0.2, -0.15) is 5.26 Å². The molecule has 18 heavy (non-hydrogen) atoms. The Morgan fingerprint density at radius 1 is 1.39 bits per heavy atom. The molecule has 96 valence electrons. The van der Waals surface area contributed by atoms with Gasteiger partial charge in [0.2, 0.25) is 0 Å². The number of rotatable bonds is 5. The number of esters is 1. The van der Waals surface area contributed by atoms with Crippen LogP contribution in [0.3, 0.4) is 0 Å². The molecule has 0 unspecified atom stereocenters. The second-order valence-corrected chi connectivity index (χ2v) is 4.63. The van der Waals surface area contributed by atoms with E-state index in [-0.39, 0.29) is 5.97 Å². The predicted molar refractivity (Wildman–Crippen MR) is 70.1 cm³/mol. The number of carbonyl (C=O) groups excluding carboxylic acids is 1. The molecule has 0 aliphatic heterocycles. The fourth-order valence-corrected chi connectivity index (χ4v) is 1.49. The molecule has 0 heterocycles. The molecule has 0 saturated carbocycles. The fraction of sp³-hybridized carbons (Fsp3) is 0.429. The monoisotopic (exact) mass is 246 g/mol. The van der Waals surface area contributed by atoms with Gasteiger partial charge in [-0.25, -0.2) is 0 Å². The third-order valence-corrected chi connectivity index (χ3v) is 2.54. The number of carbonyl (C=O) groups is 1. The Balaban J connectivity index is 2.58. The van der Waals surface area contributed by atoms with E-state index in [0.717, 1.165) is 11.3 Å². The van der Waals surface area contributed by atoms with Crippen LogP contribution in [0.2, 0.25) is 0 Å². The molecule has 0 aromatic heterocycles. The molecule has 1 N–H and O–H groups in total. The third-order valence-electron chi connectivity index (χ3n) is 2.54. The molecule has 0 bridgehead atoms. The third kappa shape index (κ3) is 4.46. The molecule has 4 heteroatoms. The van der Waals surface area contributed by atoms with Crippen LogP contribution >= 0.6 is 0 Å². The number of anilines is 1. The highest BCUT2D eigenvalue weighted by Crippen LogP contribution is 2.16. The van der Waals surface area contributed by atoms with Crippen molar-refractivity contribution in [3.63, 3.8) is 0 Å². The van der Waals surface area contributed by atoms with E-state index in [9.17, 15) is 4.79 Å². The lowest BCUT2D eigenvalue weighted by atomic mass is 10.1. The molecule has 1 aromatic rings. The van der Waals surface area contributed by atoms with Crippen molar-refractivity contribution in [2.24, 2.45) is 0 Å². The molecule has 0 aliphatic carbocycles. The minimum absolute atomic E-state index is 0.206. The number of nitriles is 1. The summed E-state index contributed by atoms with van der Waals surface area (Å²) in [6.45, 7) is 3.64. The summed E-state index contributed by atoms with van der Waals surface area (Å²) < 4.78 is 4.59. The first-order valence-corrected chi connectivity index (χ1v) is 5.82. The molecule has 0 radical (unpaired) electrons. The summed E-state index contributed by atoms with van der Waals surface area (Å²) in [5.41, 5.74) is 1.37. The summed E-state index contributed by atoms with van der Waals surface area (Å²) in [6.07, 6.45) is 1.04. The lowest BCUT2D eigenvalue weighted by molar-refractivity contribution is -0.140. The van der Waals surface area contributed by atoms with Gasteiger partial charge in [0.25, 0.3) is 0 Å². The van der Waals surface area contributed by atoms with Crippen LogP contribution in [0.5, 0.6) is 0 Å². The molecular formula is C14H18N2O2. The first kappa shape index (κ1) is 14.0. The van der Waals surface area contributed by atoms with Crippen LogP contribution in [-0.2, 0) is 16.0 Å². The van der Waals surface area contributed by atoms with E-state index in [0.29, 0.717) is 12.8 Å². The molecule has 4 nitrogen and oxygen atoms in total. The number of nitrogens with one attached hydrogen (secondary N) is 1. The predicted octanol–water partition coefficient (Wildman–Crippen LogP) is 2.51. The lowest BCUT2D eigenvalue weighted by Crippen LogP contribution is -2.28. The number of ether oxygens (including phenoxy) is 1. The number of nitrogens with zero attached hydrogens (tertiary/aromatic N) is 1. The maximum atomic E-state index is 11.0. The molecule has 1 rings (SSSR count). The quantitative estimate of drug-likeness (QED) is 0.811. The van der Waals surface area contributed by atoms with Crippen molar-refractivity contribution in [2.75, 3.05) is 12.4 Å². The standard InChI is InChI=1S/C14H18N2O2/c1-14(2,10-15)16-12-7-4-11(5-8-12)6-9-13(17)18-3/h4-5,7-8,16H,6,9H2,1-3H3. The fourth-order valence-electron chi connectivity index (χ4n) is 1.49. The van der Waals surface area contributed by atoms with Crippen molar-refractivity contribution in [3.05, 3.63) is 29.8 Å². The first-order valence-electron chi connectivity index (χ1n) is 5.82. The van der Waals surface area contributed by atoms with Gasteiger partial charge in [0.05, 0.1) is 13.2 Å². The van der Waals surface area contributed by atoms with E-state index in [1.165, 1.54) is 7.11 Å². The Labute approximate surface area is 108 Å². The number of aryl methyl sites for hydroxylation is 1. The Morgan fingerprint density at radius 3 is 2.50 bits per heavy atom. The van der Waals surface area contributed by atoms with Crippen molar-refractivity contribution in [1.29, 1.82) is 5.26 Å². The lowest BCUT2D eigenvalue weighted by Gasteiger charge is -2.19. The van der Waals surface area contributed by atoms with Crippen molar-refractivity contribution in [2.45, 2.75) is 32.2 Å². The number of hydrogen-bond acceptors (Lipinski definition) is 4. The molecule has 0 amide bonds. The van der Waals surface area contributed by atoms with Gasteiger partial charge in [0.1, 0.15) is 5.54 Å². The summed E-state index contributed by atoms with van der Waals surface area (Å²) in [5.74, 6) is -0.206. The highest BCUT2D eigenvalue weighted by molar-refractivity contribution is 5.69. The average Bonchev–Trinajstić information content (AvgIpc) is 2.37. The zero-order chi connectivity index (χ0) is 13.6. The van der Waals surface area contributed by atoms with E-state index in [1.54, 1.807) is 0 Å². The van der Waals surface area contributed by atoms with Gasteiger partial charge in [0, 0.05) is 12.1 Å². The Hall–Kier alpha value is -2.02. The second kappa shape index (κ2) is 6.06. The normalized spacial score (nSPS) is 10.6. The molecule has 1 aromatic carbocycles. The van der Waals surface area contributed by atoms with Crippen LogP contribution in [0, 0.1) is 11.3 Å². The molecule has 0 atom stereocenters. The number of methoxy groups -OCH3 is 1. The summed E-state index contributed by atoms with van der Waals surface area (Å²) >= 11 is 0. The van der Waals surface area contributed by atoms with Crippen LogP contribution in [-0.4, -0.2) is 18.6 Å². The maximum absolute atomic E-state index is 11.0. The van der Waals surface area contributed by atoms with Gasteiger partial charge < -0.3 is 10.1 Å². The summed E-state index contributed by atoms with van der Waals surface area (Å²) in [7, 11) is 1.39. The topological polar surface area (TPSA) is 62.1 Å². The van der Waals surface area contributed by atoms with Crippen LogP contribution in [0.25, 0.3) is 0 Å². The Bertz CT molecular complexity index is 444. The zero-order valence-corrected chi connectivity index (χ0v) is 11.0. The second-order valence-electron chi connectivity index (χ2n) is 4.63. The molecule has 0 saturated heterocycles. The van der Waals surface area contributed by atoms with Gasteiger partial charge in [0.15, 0.2) is 0 Å². The highest BCUT2D eigenvalue weighted by atomic mass is 16.5. The summed E-state index contributed by atoms with van der Waals surface area (Å²) in [5, 5.41) is 12.0. The molecular weight excluding hydrogens is 228 g/mol. The SMILES string of the molecule is COC(=O)CCc1ccc(NC(C)(C)C#N)cc1. The molecule has 0 aliphatic rings. The van der Waals surface area contributed by atoms with Crippen LogP contribution < -0.4 is 5.32 Å². The Kier molecular flexibility index (Phi) is 4.73. The largest absolute Gasteiger partial charge is 0.469 e. The van der Waals surface area contributed by atoms with E-state index in [4.69, 9.17) is 5.26 Å². The summed E-state index contributed by atoms with van der Waals surface area (Å²) in [4.78, 5) is 11.0.